The smallest absolute Gasteiger partial charge is 0.183 e. The molecule has 0 saturated carbocycles. The van der Waals surface area contributed by atoms with Crippen molar-refractivity contribution in [2.24, 2.45) is 0 Å². The van der Waals surface area contributed by atoms with Crippen molar-refractivity contribution in [1.29, 1.82) is 0 Å². The van der Waals surface area contributed by atoms with Gasteiger partial charge >= 0.3 is 0 Å². The van der Waals surface area contributed by atoms with Gasteiger partial charge in [0.25, 0.3) is 0 Å². The summed E-state index contributed by atoms with van der Waals surface area (Å²) in [4.78, 5) is 25.3. The van der Waals surface area contributed by atoms with Gasteiger partial charge in [0.15, 0.2) is 11.6 Å². The number of Topliss-reactive ketones (excluding diaryl/α,β-unsaturated/α-hetero) is 2. The van der Waals surface area contributed by atoms with E-state index in [4.69, 9.17) is 4.74 Å². The minimum Gasteiger partial charge on any atom is -0.377 e. The summed E-state index contributed by atoms with van der Waals surface area (Å²) in [5.74, 6) is 0.0711. The number of pyridine rings is 1. The van der Waals surface area contributed by atoms with Crippen LogP contribution in [0.3, 0.4) is 0 Å². The number of carbonyl (C=O) groups is 2. The fraction of sp³-hybridized carbons (Fsp3) is 0.462. The Bertz CT molecular complexity index is 370. The Morgan fingerprint density at radius 2 is 1.89 bits per heavy atom. The molecule has 1 rings (SSSR count). The van der Waals surface area contributed by atoms with E-state index in [-0.39, 0.29) is 24.8 Å². The fourth-order valence-electron chi connectivity index (χ4n) is 1.03. The minimum atomic E-state index is -0.0145. The summed E-state index contributed by atoms with van der Waals surface area (Å²) in [5.41, 5.74) is 0.701. The third kappa shape index (κ3) is 9.47. The zero-order valence-corrected chi connectivity index (χ0v) is 12.7. The number of aromatic nitrogens is 1. The van der Waals surface area contributed by atoms with Crippen LogP contribution in [0, 0.1) is 0 Å². The molecule has 6 heteroatoms. The largest absolute Gasteiger partial charge is 0.377 e. The zero-order chi connectivity index (χ0) is 14.5. The first-order chi connectivity index (χ1) is 9.15. The number of carbonyl (C=O) groups excluding carboxylic acids is 2. The second-order valence-corrected chi connectivity index (χ2v) is 3.96. The van der Waals surface area contributed by atoms with Gasteiger partial charge in [-0.1, -0.05) is 15.9 Å². The summed E-state index contributed by atoms with van der Waals surface area (Å²) in [5, 5.41) is 0.372. The number of hydrogen-bond donors (Lipinski definition) is 0. The zero-order valence-electron chi connectivity index (χ0n) is 11.1. The summed E-state index contributed by atoms with van der Waals surface area (Å²) in [6, 6.07) is 3.40. The Labute approximate surface area is 121 Å². The number of halogens is 1. The Hall–Kier alpha value is -1.11. The molecule has 0 N–H and O–H groups in total. The highest BCUT2D eigenvalue weighted by Crippen LogP contribution is 1.99. The minimum absolute atomic E-state index is 0.0145. The number of hydrogen-bond acceptors (Lipinski definition) is 5. The van der Waals surface area contributed by atoms with E-state index in [1.807, 2.05) is 6.92 Å². The molecule has 0 radical (unpaired) electrons. The first-order valence-corrected chi connectivity index (χ1v) is 6.85. The number of methoxy groups -OCH3 is 1. The van der Waals surface area contributed by atoms with Crippen molar-refractivity contribution in [2.45, 2.75) is 6.92 Å². The highest BCUT2D eigenvalue weighted by Gasteiger charge is 2.00. The van der Waals surface area contributed by atoms with Crippen LogP contribution in [0.5, 0.6) is 0 Å². The topological polar surface area (TPSA) is 65.5 Å². The number of rotatable bonds is 7. The third-order valence-corrected chi connectivity index (χ3v) is 2.41. The molecular formula is C13H18BrNO4. The third-order valence-electron chi connectivity index (χ3n) is 1.90. The highest BCUT2D eigenvalue weighted by molar-refractivity contribution is 9.09. The van der Waals surface area contributed by atoms with Crippen LogP contribution in [0.4, 0.5) is 0 Å². The second-order valence-electron chi connectivity index (χ2n) is 3.40. The molecular weight excluding hydrogens is 314 g/mol. The van der Waals surface area contributed by atoms with E-state index in [9.17, 15) is 9.59 Å². The molecule has 106 valence electrons. The molecule has 0 amide bonds. The van der Waals surface area contributed by atoms with Crippen LogP contribution in [0.2, 0.25) is 0 Å². The van der Waals surface area contributed by atoms with E-state index >= 15 is 0 Å². The van der Waals surface area contributed by atoms with Crippen molar-refractivity contribution >= 4 is 27.5 Å². The van der Waals surface area contributed by atoms with Gasteiger partial charge in [0, 0.05) is 31.7 Å². The van der Waals surface area contributed by atoms with Gasteiger partial charge in [0.2, 0.25) is 0 Å². The van der Waals surface area contributed by atoms with Gasteiger partial charge in [-0.3, -0.25) is 14.6 Å². The lowest BCUT2D eigenvalue weighted by Gasteiger charge is -1.97. The maximum Gasteiger partial charge on any atom is 0.183 e. The molecule has 0 bridgehead atoms. The van der Waals surface area contributed by atoms with Crippen LogP contribution >= 0.6 is 15.9 Å². The molecule has 19 heavy (non-hydrogen) atoms. The first kappa shape index (κ1) is 17.9. The van der Waals surface area contributed by atoms with E-state index in [1.165, 1.54) is 7.11 Å². The molecule has 0 aliphatic rings. The predicted octanol–water partition coefficient (Wildman–Crippen LogP) is 1.90. The molecule has 0 unspecified atom stereocenters. The van der Waals surface area contributed by atoms with Gasteiger partial charge in [0.1, 0.15) is 13.2 Å². The van der Waals surface area contributed by atoms with Crippen molar-refractivity contribution in [2.75, 3.05) is 32.3 Å². The normalized spacial score (nSPS) is 9.42. The molecule has 0 spiro atoms. The molecule has 0 fully saturated rings. The summed E-state index contributed by atoms with van der Waals surface area (Å²) in [6.45, 7) is 2.75. The van der Waals surface area contributed by atoms with Gasteiger partial charge in [-0.25, -0.2) is 0 Å². The standard InChI is InChI=1S/C7H6BrNO.C6H12O3/c8-5-7(10)6-1-3-9-4-2-6;1-3-9-5-6(7)4-8-2/h1-4H,5H2;3-5H2,1-2H3. The number of alkyl halides is 1. The van der Waals surface area contributed by atoms with Crippen molar-refractivity contribution < 1.29 is 19.1 Å². The molecule has 5 nitrogen and oxygen atoms in total. The molecule has 1 aromatic heterocycles. The quantitative estimate of drug-likeness (QED) is 0.564. The molecule has 1 heterocycles. The van der Waals surface area contributed by atoms with E-state index in [1.54, 1.807) is 24.5 Å². The summed E-state index contributed by atoms with van der Waals surface area (Å²) in [7, 11) is 1.49. The van der Waals surface area contributed by atoms with Crippen molar-refractivity contribution in [3.8, 4) is 0 Å². The van der Waals surface area contributed by atoms with E-state index < -0.39 is 0 Å². The van der Waals surface area contributed by atoms with Crippen molar-refractivity contribution in [3.63, 3.8) is 0 Å². The highest BCUT2D eigenvalue weighted by atomic mass is 79.9. The predicted molar refractivity (Wildman–Crippen MR) is 75.7 cm³/mol. The van der Waals surface area contributed by atoms with Crippen LogP contribution in [0.1, 0.15) is 17.3 Å². The maximum absolute atomic E-state index is 10.9. The average molecular weight is 332 g/mol. The van der Waals surface area contributed by atoms with E-state index in [0.29, 0.717) is 17.5 Å². The van der Waals surface area contributed by atoms with E-state index in [0.717, 1.165) is 0 Å². The van der Waals surface area contributed by atoms with Gasteiger partial charge in [-0.05, 0) is 19.1 Å². The SMILES string of the molecule is CCOCC(=O)COC.O=C(CBr)c1ccncc1. The Morgan fingerprint density at radius 1 is 1.26 bits per heavy atom. The molecule has 0 aliphatic heterocycles. The van der Waals surface area contributed by atoms with Gasteiger partial charge in [-0.15, -0.1) is 0 Å². The van der Waals surface area contributed by atoms with Crippen LogP contribution in [0.25, 0.3) is 0 Å². The number of nitrogens with zero attached hydrogens (tertiary/aromatic N) is 1. The molecule has 0 aromatic carbocycles. The fourth-order valence-corrected chi connectivity index (χ4v) is 1.36. The lowest BCUT2D eigenvalue weighted by Crippen LogP contribution is -2.13. The average Bonchev–Trinajstić information content (AvgIpc) is 2.46. The molecule has 1 aromatic rings. The molecule has 0 saturated heterocycles. The summed E-state index contributed by atoms with van der Waals surface area (Å²) >= 11 is 3.08. The van der Waals surface area contributed by atoms with Gasteiger partial charge in [-0.2, -0.15) is 0 Å². The van der Waals surface area contributed by atoms with Crippen LogP contribution in [-0.4, -0.2) is 48.8 Å². The molecule has 0 aliphatic carbocycles. The van der Waals surface area contributed by atoms with Crippen molar-refractivity contribution in [1.82, 2.24) is 4.98 Å². The Kier molecular flexibility index (Phi) is 11.3. The van der Waals surface area contributed by atoms with Crippen LogP contribution in [0.15, 0.2) is 24.5 Å². The lowest BCUT2D eigenvalue weighted by molar-refractivity contribution is -0.127. The summed E-state index contributed by atoms with van der Waals surface area (Å²) in [6.07, 6.45) is 3.21. The second kappa shape index (κ2) is 12.0. The Morgan fingerprint density at radius 3 is 2.37 bits per heavy atom. The van der Waals surface area contributed by atoms with E-state index in [2.05, 4.69) is 25.7 Å². The van der Waals surface area contributed by atoms with Crippen molar-refractivity contribution in [3.05, 3.63) is 30.1 Å². The number of ketones is 2. The van der Waals surface area contributed by atoms with Crippen LogP contribution < -0.4 is 0 Å². The maximum atomic E-state index is 10.9. The van der Waals surface area contributed by atoms with Gasteiger partial charge in [0.05, 0.1) is 5.33 Å². The lowest BCUT2D eigenvalue weighted by atomic mass is 10.2. The van der Waals surface area contributed by atoms with Gasteiger partial charge < -0.3 is 9.47 Å². The monoisotopic (exact) mass is 331 g/mol. The summed E-state index contributed by atoms with van der Waals surface area (Å²) < 4.78 is 9.39. The first-order valence-electron chi connectivity index (χ1n) is 5.73. The Balaban J connectivity index is 0.000000344. The van der Waals surface area contributed by atoms with Crippen LogP contribution in [-0.2, 0) is 14.3 Å². The number of ether oxygens (including phenoxy) is 2. The molecule has 0 atom stereocenters.